The molecule has 1 aromatic rings. The normalized spacial score (nSPS) is 33.6. The summed E-state index contributed by atoms with van der Waals surface area (Å²) in [5.74, 6) is 0.839. The second-order valence-electron chi connectivity index (χ2n) is 5.33. The Morgan fingerprint density at radius 2 is 1.72 bits per heavy atom. The van der Waals surface area contributed by atoms with E-state index in [9.17, 15) is 5.11 Å². The average molecular weight is 270 g/mol. The highest BCUT2D eigenvalue weighted by atomic mass is 32.1. The smallest absolute Gasteiger partial charge is 0.0596 e. The summed E-state index contributed by atoms with van der Waals surface area (Å²) in [5.41, 5.74) is 0.304. The van der Waals surface area contributed by atoms with Gasteiger partial charge in [-0.3, -0.25) is 0 Å². The highest BCUT2D eigenvalue weighted by Gasteiger charge is 2.46. The molecule has 18 heavy (non-hydrogen) atoms. The van der Waals surface area contributed by atoms with Crippen molar-refractivity contribution in [1.29, 1.82) is 0 Å². The first-order valence-electron chi connectivity index (χ1n) is 6.83. The number of hydrogen-bond acceptors (Lipinski definition) is 3. The van der Waals surface area contributed by atoms with Gasteiger partial charge in [0.05, 0.1) is 6.10 Å². The second-order valence-corrected chi connectivity index (χ2v) is 6.15. The van der Waals surface area contributed by atoms with Crippen LogP contribution in [0.5, 0.6) is 0 Å². The third-order valence-electron chi connectivity index (χ3n) is 4.43. The fraction of sp³-hybridized carbons (Fsp3) is 0.733. The van der Waals surface area contributed by atoms with Gasteiger partial charge in [0, 0.05) is 7.11 Å². The number of hydrogen-bond donors (Lipinski definition) is 2. The van der Waals surface area contributed by atoms with E-state index in [-0.39, 0.29) is 6.10 Å². The molecule has 1 heterocycles. The molecular weight excluding hydrogens is 244 g/mol. The van der Waals surface area contributed by atoms with E-state index in [2.05, 4.69) is 6.92 Å². The third-order valence-corrected chi connectivity index (χ3v) is 5.05. The summed E-state index contributed by atoms with van der Waals surface area (Å²) in [6.07, 6.45) is 7.70. The zero-order chi connectivity index (χ0) is 13.4. The first kappa shape index (κ1) is 15.7. The molecule has 2 aliphatic carbocycles. The fourth-order valence-electron chi connectivity index (χ4n) is 3.26. The van der Waals surface area contributed by atoms with E-state index in [0.29, 0.717) is 5.41 Å². The summed E-state index contributed by atoms with van der Waals surface area (Å²) >= 11 is 1.71. The maximum atomic E-state index is 9.78. The van der Waals surface area contributed by atoms with Gasteiger partial charge in [-0.2, -0.15) is 11.3 Å². The largest absolute Gasteiger partial charge is 0.400 e. The van der Waals surface area contributed by atoms with E-state index >= 15 is 0 Å². The van der Waals surface area contributed by atoms with Crippen LogP contribution in [0.25, 0.3) is 0 Å². The highest BCUT2D eigenvalue weighted by Crippen LogP contribution is 2.51. The van der Waals surface area contributed by atoms with Gasteiger partial charge in [-0.05, 0) is 47.8 Å². The Morgan fingerprint density at radius 1 is 1.06 bits per heavy atom. The Morgan fingerprint density at radius 3 is 2.22 bits per heavy atom. The van der Waals surface area contributed by atoms with Gasteiger partial charge in [-0.25, -0.2) is 0 Å². The van der Waals surface area contributed by atoms with Crippen molar-refractivity contribution in [2.24, 2.45) is 11.3 Å². The quantitative estimate of drug-likeness (QED) is 0.755. The SMILES string of the molecule is CC12CCCCC1CCC2O.CO.c1ccsc1. The van der Waals surface area contributed by atoms with E-state index in [1.807, 2.05) is 22.9 Å². The summed E-state index contributed by atoms with van der Waals surface area (Å²) < 4.78 is 0. The summed E-state index contributed by atoms with van der Waals surface area (Å²) in [4.78, 5) is 0. The van der Waals surface area contributed by atoms with Crippen LogP contribution in [0, 0.1) is 11.3 Å². The number of aliphatic hydroxyl groups is 2. The molecule has 3 heteroatoms. The lowest BCUT2D eigenvalue weighted by molar-refractivity contribution is 0.0138. The van der Waals surface area contributed by atoms with Gasteiger partial charge >= 0.3 is 0 Å². The maximum Gasteiger partial charge on any atom is 0.0596 e. The summed E-state index contributed by atoms with van der Waals surface area (Å²) in [6, 6.07) is 4.04. The molecule has 2 N–H and O–H groups in total. The molecule has 0 saturated heterocycles. The van der Waals surface area contributed by atoms with Gasteiger partial charge < -0.3 is 10.2 Å². The van der Waals surface area contributed by atoms with Crippen LogP contribution in [0.1, 0.15) is 45.4 Å². The molecule has 2 nitrogen and oxygen atoms in total. The molecule has 3 unspecified atom stereocenters. The molecular formula is C15H26O2S. The van der Waals surface area contributed by atoms with Crippen molar-refractivity contribution >= 4 is 11.3 Å². The van der Waals surface area contributed by atoms with Crippen molar-refractivity contribution in [1.82, 2.24) is 0 Å². The first-order valence-corrected chi connectivity index (χ1v) is 7.78. The van der Waals surface area contributed by atoms with Crippen molar-refractivity contribution in [3.8, 4) is 0 Å². The highest BCUT2D eigenvalue weighted by molar-refractivity contribution is 7.07. The van der Waals surface area contributed by atoms with Crippen LogP contribution in [-0.4, -0.2) is 23.4 Å². The molecule has 2 aliphatic rings. The molecule has 2 fully saturated rings. The lowest BCUT2D eigenvalue weighted by Crippen LogP contribution is -2.34. The molecule has 0 aliphatic heterocycles. The Kier molecular flexibility index (Phi) is 6.90. The molecule has 0 aromatic carbocycles. The van der Waals surface area contributed by atoms with Gasteiger partial charge in [0.2, 0.25) is 0 Å². The molecule has 2 saturated carbocycles. The van der Waals surface area contributed by atoms with Crippen LogP contribution >= 0.6 is 11.3 Å². The van der Waals surface area contributed by atoms with Crippen molar-refractivity contribution in [2.75, 3.05) is 7.11 Å². The molecule has 0 bridgehead atoms. The molecule has 1 aromatic heterocycles. The van der Waals surface area contributed by atoms with E-state index < -0.39 is 0 Å². The van der Waals surface area contributed by atoms with Gasteiger partial charge in [0.1, 0.15) is 0 Å². The van der Waals surface area contributed by atoms with E-state index in [0.717, 1.165) is 19.4 Å². The van der Waals surface area contributed by atoms with E-state index in [1.165, 1.54) is 32.1 Å². The minimum absolute atomic E-state index is 0.00722. The summed E-state index contributed by atoms with van der Waals surface area (Å²) in [5, 5.41) is 20.9. The van der Waals surface area contributed by atoms with E-state index in [1.54, 1.807) is 11.3 Å². The molecule has 104 valence electrons. The fourth-order valence-corrected chi connectivity index (χ4v) is 3.71. The summed E-state index contributed by atoms with van der Waals surface area (Å²) in [7, 11) is 1.00. The zero-order valence-electron chi connectivity index (χ0n) is 11.5. The number of aliphatic hydroxyl groups excluding tert-OH is 2. The lowest BCUT2D eigenvalue weighted by atomic mass is 9.69. The van der Waals surface area contributed by atoms with E-state index in [4.69, 9.17) is 5.11 Å². The predicted molar refractivity (Wildman–Crippen MR) is 77.8 cm³/mol. The Labute approximate surface area is 115 Å². The summed E-state index contributed by atoms with van der Waals surface area (Å²) in [6.45, 7) is 2.29. The predicted octanol–water partition coefficient (Wildman–Crippen LogP) is 3.69. The number of rotatable bonds is 0. The average Bonchev–Trinajstić information content (AvgIpc) is 3.06. The van der Waals surface area contributed by atoms with Crippen LogP contribution in [0.2, 0.25) is 0 Å². The Balaban J connectivity index is 0.000000195. The van der Waals surface area contributed by atoms with Crippen molar-refractivity contribution < 1.29 is 10.2 Å². The van der Waals surface area contributed by atoms with Gasteiger partial charge in [0.15, 0.2) is 0 Å². The van der Waals surface area contributed by atoms with Crippen LogP contribution < -0.4 is 0 Å². The molecule has 3 atom stereocenters. The number of fused-ring (bicyclic) bond motifs is 1. The number of thiophene rings is 1. The van der Waals surface area contributed by atoms with Crippen molar-refractivity contribution in [3.63, 3.8) is 0 Å². The topological polar surface area (TPSA) is 40.5 Å². The maximum absolute atomic E-state index is 9.78. The van der Waals surface area contributed by atoms with Crippen LogP contribution in [0.4, 0.5) is 0 Å². The molecule has 0 radical (unpaired) electrons. The van der Waals surface area contributed by atoms with Gasteiger partial charge in [-0.15, -0.1) is 0 Å². The minimum atomic E-state index is 0.00722. The first-order chi connectivity index (χ1) is 8.73. The third kappa shape index (κ3) is 3.81. The standard InChI is InChI=1S/C10H18O.C4H4S.CH4O/c1-10-7-3-2-4-8(10)5-6-9(10)11;1-2-4-5-3-1;1-2/h8-9,11H,2-7H2,1H3;1-4H;2H,1H3. The van der Waals surface area contributed by atoms with Crippen LogP contribution in [0.15, 0.2) is 22.9 Å². The Bertz CT molecular complexity index is 280. The van der Waals surface area contributed by atoms with Crippen molar-refractivity contribution in [2.45, 2.75) is 51.6 Å². The second kappa shape index (κ2) is 7.93. The van der Waals surface area contributed by atoms with Crippen LogP contribution in [-0.2, 0) is 0 Å². The zero-order valence-corrected chi connectivity index (χ0v) is 12.3. The molecule has 0 amide bonds. The van der Waals surface area contributed by atoms with Crippen molar-refractivity contribution in [3.05, 3.63) is 22.9 Å². The van der Waals surface area contributed by atoms with Gasteiger partial charge in [0.25, 0.3) is 0 Å². The van der Waals surface area contributed by atoms with Gasteiger partial charge in [-0.1, -0.05) is 31.9 Å². The lowest BCUT2D eigenvalue weighted by Gasteiger charge is -2.38. The molecule has 3 rings (SSSR count). The molecule has 0 spiro atoms. The minimum Gasteiger partial charge on any atom is -0.400 e. The Hall–Kier alpha value is -0.380. The monoisotopic (exact) mass is 270 g/mol. The van der Waals surface area contributed by atoms with Crippen LogP contribution in [0.3, 0.4) is 0 Å².